The van der Waals surface area contributed by atoms with E-state index in [1.807, 2.05) is 0 Å². The summed E-state index contributed by atoms with van der Waals surface area (Å²) in [5.74, 6) is 1.37. The van der Waals surface area contributed by atoms with Crippen molar-refractivity contribution in [3.8, 4) is 0 Å². The van der Waals surface area contributed by atoms with Crippen molar-refractivity contribution in [1.82, 2.24) is 5.32 Å². The van der Waals surface area contributed by atoms with Gasteiger partial charge >= 0.3 is 0 Å². The van der Waals surface area contributed by atoms with Gasteiger partial charge in [0.05, 0.1) is 31.9 Å². The van der Waals surface area contributed by atoms with Gasteiger partial charge in [-0.3, -0.25) is 0 Å². The zero-order valence-electron chi connectivity index (χ0n) is 19.1. The van der Waals surface area contributed by atoms with Gasteiger partial charge in [0, 0.05) is 13.1 Å². The fraction of sp³-hybridized carbons (Fsp3) is 1.00. The van der Waals surface area contributed by atoms with Gasteiger partial charge in [-0.1, -0.05) is 90.4 Å². The molecule has 3 heteroatoms. The van der Waals surface area contributed by atoms with Gasteiger partial charge in [0.25, 0.3) is 0 Å². The SMILES string of the molecule is CCCCCCCCCCCCCCCCSC(C)C[N+]1(C)CCNCC1. The van der Waals surface area contributed by atoms with E-state index in [4.69, 9.17) is 0 Å². The summed E-state index contributed by atoms with van der Waals surface area (Å²) in [6, 6.07) is 0. The van der Waals surface area contributed by atoms with Crippen molar-refractivity contribution in [2.24, 2.45) is 0 Å². The van der Waals surface area contributed by atoms with Crippen LogP contribution in [0.5, 0.6) is 0 Å². The van der Waals surface area contributed by atoms with Gasteiger partial charge < -0.3 is 9.80 Å². The summed E-state index contributed by atoms with van der Waals surface area (Å²) in [5, 5.41) is 4.31. The average molecular weight is 400 g/mol. The maximum atomic E-state index is 3.49. The lowest BCUT2D eigenvalue weighted by Gasteiger charge is -2.39. The molecular formula is C24H51N2S+. The summed E-state index contributed by atoms with van der Waals surface area (Å²) in [6.45, 7) is 11.1. The average Bonchev–Trinajstić information content (AvgIpc) is 2.65. The Balaban J connectivity index is 1.78. The molecule has 0 aromatic heterocycles. The summed E-state index contributed by atoms with van der Waals surface area (Å²) in [5.41, 5.74) is 0. The number of hydrogen-bond acceptors (Lipinski definition) is 2. The van der Waals surface area contributed by atoms with Crippen LogP contribution in [-0.2, 0) is 0 Å². The molecule has 1 unspecified atom stereocenters. The van der Waals surface area contributed by atoms with Crippen LogP contribution in [0.15, 0.2) is 0 Å². The van der Waals surface area contributed by atoms with Crippen LogP contribution < -0.4 is 5.32 Å². The first kappa shape index (κ1) is 25.3. The van der Waals surface area contributed by atoms with Crippen molar-refractivity contribution < 1.29 is 4.48 Å². The van der Waals surface area contributed by atoms with Crippen LogP contribution in [0.1, 0.15) is 104 Å². The Bertz CT molecular complexity index is 316. The van der Waals surface area contributed by atoms with Crippen LogP contribution in [0, 0.1) is 0 Å². The minimum Gasteiger partial charge on any atom is -0.323 e. The fourth-order valence-electron chi connectivity index (χ4n) is 4.37. The molecule has 0 bridgehead atoms. The minimum absolute atomic E-state index is 0.815. The number of nitrogens with one attached hydrogen (secondary N) is 1. The monoisotopic (exact) mass is 399 g/mol. The Morgan fingerprint density at radius 1 is 0.741 bits per heavy atom. The van der Waals surface area contributed by atoms with Gasteiger partial charge in [-0.05, 0) is 19.1 Å². The highest BCUT2D eigenvalue weighted by atomic mass is 32.2. The van der Waals surface area contributed by atoms with E-state index in [2.05, 4.69) is 38.0 Å². The van der Waals surface area contributed by atoms with Crippen molar-refractivity contribution in [1.29, 1.82) is 0 Å². The lowest BCUT2D eigenvalue weighted by atomic mass is 10.0. The number of quaternary nitrogens is 1. The highest BCUT2D eigenvalue weighted by molar-refractivity contribution is 7.99. The standard InChI is InChI=1S/C24H51N2S/c1-4-5-6-7-8-9-10-11-12-13-14-15-16-17-22-27-24(2)23-26(3)20-18-25-19-21-26/h24-25H,4-23H2,1-3H3/q+1. The van der Waals surface area contributed by atoms with E-state index in [0.29, 0.717) is 0 Å². The molecule has 1 saturated heterocycles. The third-order valence-electron chi connectivity index (χ3n) is 6.25. The number of unbranched alkanes of at least 4 members (excludes halogenated alkanes) is 13. The van der Waals surface area contributed by atoms with Crippen LogP contribution in [0.2, 0.25) is 0 Å². The fourth-order valence-corrected chi connectivity index (χ4v) is 5.61. The highest BCUT2D eigenvalue weighted by Crippen LogP contribution is 2.19. The lowest BCUT2D eigenvalue weighted by molar-refractivity contribution is -0.910. The van der Waals surface area contributed by atoms with E-state index in [-0.39, 0.29) is 0 Å². The van der Waals surface area contributed by atoms with Gasteiger partial charge in [-0.15, -0.1) is 0 Å². The maximum absolute atomic E-state index is 3.49. The molecular weight excluding hydrogens is 348 g/mol. The van der Waals surface area contributed by atoms with Crippen molar-refractivity contribution >= 4 is 11.8 Å². The molecule has 1 rings (SSSR count). The molecule has 1 fully saturated rings. The lowest BCUT2D eigenvalue weighted by Crippen LogP contribution is -2.57. The number of piperazine rings is 1. The Kier molecular flexibility index (Phi) is 16.1. The van der Waals surface area contributed by atoms with Gasteiger partial charge in [0.1, 0.15) is 0 Å². The van der Waals surface area contributed by atoms with Gasteiger partial charge in [0.2, 0.25) is 0 Å². The van der Waals surface area contributed by atoms with Crippen LogP contribution in [0.25, 0.3) is 0 Å². The summed E-state index contributed by atoms with van der Waals surface area (Å²) >= 11 is 2.22. The molecule has 1 N–H and O–H groups in total. The predicted molar refractivity (Wildman–Crippen MR) is 126 cm³/mol. The van der Waals surface area contributed by atoms with Crippen LogP contribution in [0.4, 0.5) is 0 Å². The smallest absolute Gasteiger partial charge is 0.0912 e. The first-order valence-corrected chi connectivity index (χ1v) is 13.4. The highest BCUT2D eigenvalue weighted by Gasteiger charge is 2.26. The second-order valence-corrected chi connectivity index (χ2v) is 10.8. The Morgan fingerprint density at radius 3 is 1.67 bits per heavy atom. The number of rotatable bonds is 18. The maximum Gasteiger partial charge on any atom is 0.0912 e. The minimum atomic E-state index is 0.815. The zero-order chi connectivity index (χ0) is 19.6. The van der Waals surface area contributed by atoms with E-state index in [0.717, 1.165) is 5.25 Å². The molecule has 27 heavy (non-hydrogen) atoms. The summed E-state index contributed by atoms with van der Waals surface area (Å²) in [7, 11) is 2.45. The summed E-state index contributed by atoms with van der Waals surface area (Å²) < 4.78 is 1.28. The third-order valence-corrected chi connectivity index (χ3v) is 7.50. The molecule has 0 radical (unpaired) electrons. The molecule has 0 aromatic rings. The Labute approximate surface area is 176 Å². The predicted octanol–water partition coefficient (Wildman–Crippen LogP) is 6.64. The molecule has 0 aliphatic carbocycles. The van der Waals surface area contributed by atoms with Crippen LogP contribution in [0.3, 0.4) is 0 Å². The number of nitrogens with zero attached hydrogens (tertiary/aromatic N) is 1. The number of thioether (sulfide) groups is 1. The molecule has 2 nitrogen and oxygen atoms in total. The first-order valence-electron chi connectivity index (χ1n) is 12.3. The molecule has 162 valence electrons. The van der Waals surface area contributed by atoms with Gasteiger partial charge in [-0.2, -0.15) is 11.8 Å². The van der Waals surface area contributed by atoms with Crippen molar-refractivity contribution in [3.05, 3.63) is 0 Å². The van der Waals surface area contributed by atoms with Crippen molar-refractivity contribution in [2.45, 2.75) is 109 Å². The molecule has 1 aliphatic heterocycles. The molecule has 1 atom stereocenters. The third kappa shape index (κ3) is 14.9. The summed E-state index contributed by atoms with van der Waals surface area (Å²) in [6.07, 6.45) is 20.4. The normalized spacial score (nSPS) is 17.9. The zero-order valence-corrected chi connectivity index (χ0v) is 19.9. The second kappa shape index (κ2) is 17.2. The molecule has 0 aromatic carbocycles. The van der Waals surface area contributed by atoms with Crippen molar-refractivity contribution in [2.75, 3.05) is 45.5 Å². The topological polar surface area (TPSA) is 12.0 Å². The van der Waals surface area contributed by atoms with E-state index < -0.39 is 0 Å². The Hall–Kier alpha value is 0.270. The van der Waals surface area contributed by atoms with Gasteiger partial charge in [-0.25, -0.2) is 0 Å². The number of hydrogen-bond donors (Lipinski definition) is 1. The number of likely N-dealkylation sites (N-methyl/N-ethyl adjacent to an activating group) is 1. The first-order chi connectivity index (χ1) is 13.2. The van der Waals surface area contributed by atoms with Gasteiger partial charge in [0.15, 0.2) is 0 Å². The van der Waals surface area contributed by atoms with E-state index in [1.165, 1.54) is 133 Å². The van der Waals surface area contributed by atoms with Crippen LogP contribution in [-0.4, -0.2) is 55.3 Å². The van der Waals surface area contributed by atoms with E-state index in [1.54, 1.807) is 0 Å². The van der Waals surface area contributed by atoms with Crippen LogP contribution >= 0.6 is 11.8 Å². The molecule has 0 spiro atoms. The molecule has 1 heterocycles. The molecule has 0 saturated carbocycles. The summed E-state index contributed by atoms with van der Waals surface area (Å²) in [4.78, 5) is 0. The van der Waals surface area contributed by atoms with Crippen molar-refractivity contribution in [3.63, 3.8) is 0 Å². The molecule has 0 amide bonds. The second-order valence-electron chi connectivity index (χ2n) is 9.28. The van der Waals surface area contributed by atoms with E-state index in [9.17, 15) is 0 Å². The largest absolute Gasteiger partial charge is 0.323 e. The quantitative estimate of drug-likeness (QED) is 0.205. The van der Waals surface area contributed by atoms with E-state index >= 15 is 0 Å². The molecule has 1 aliphatic rings. The Morgan fingerprint density at radius 2 is 1.19 bits per heavy atom.